The molecule has 0 radical (unpaired) electrons. The van der Waals surface area contributed by atoms with Gasteiger partial charge in [-0.15, -0.1) is 0 Å². The topological polar surface area (TPSA) is 77.5 Å². The van der Waals surface area contributed by atoms with Gasteiger partial charge >= 0.3 is 0 Å². The third-order valence-corrected chi connectivity index (χ3v) is 4.88. The number of hydrogen-bond donors (Lipinski definition) is 3. The second-order valence-electron chi connectivity index (χ2n) is 6.69. The van der Waals surface area contributed by atoms with Gasteiger partial charge in [-0.3, -0.25) is 9.78 Å². The largest absolute Gasteiger partial charge is 0.387 e. The number of carbonyl (C=O) groups excluding carboxylic acids is 1. The van der Waals surface area contributed by atoms with Crippen LogP contribution in [0.25, 0.3) is 0 Å². The lowest BCUT2D eigenvalue weighted by Crippen LogP contribution is -2.55. The first-order valence-corrected chi connectivity index (χ1v) is 8.52. The number of nitrogens with zero attached hydrogens (tertiary/aromatic N) is 2. The summed E-state index contributed by atoms with van der Waals surface area (Å²) in [5.41, 5.74) is 0.0800. The number of nitrogens with one attached hydrogen (secondary N) is 2. The van der Waals surface area contributed by atoms with Crippen LogP contribution in [-0.2, 0) is 0 Å². The summed E-state index contributed by atoms with van der Waals surface area (Å²) in [6.07, 6.45) is 7.05. The Morgan fingerprint density at radius 2 is 2.13 bits per heavy atom. The Hall–Kier alpha value is -1.50. The minimum Gasteiger partial charge on any atom is -0.387 e. The summed E-state index contributed by atoms with van der Waals surface area (Å²) in [6.45, 7) is 3.81. The fraction of sp³-hybridized carbons (Fsp3) is 0.647. The lowest BCUT2D eigenvalue weighted by Gasteiger charge is -2.37. The molecule has 23 heavy (non-hydrogen) atoms. The van der Waals surface area contributed by atoms with Gasteiger partial charge in [0.2, 0.25) is 0 Å². The predicted molar refractivity (Wildman–Crippen MR) is 88.2 cm³/mol. The Labute approximate surface area is 137 Å². The second-order valence-corrected chi connectivity index (χ2v) is 6.69. The third-order valence-electron chi connectivity index (χ3n) is 4.88. The van der Waals surface area contributed by atoms with Crippen LogP contribution in [0.2, 0.25) is 0 Å². The van der Waals surface area contributed by atoms with Crippen molar-refractivity contribution in [3.8, 4) is 0 Å². The van der Waals surface area contributed by atoms with Gasteiger partial charge in [-0.2, -0.15) is 0 Å². The Balaban J connectivity index is 1.44. The standard InChI is InChI=1S/C17H26N4O2/c22-16(14-2-8-18-9-3-14)21-10-4-15(5-11-21)20-13-17(23)6-1-7-19-12-17/h2-3,8-9,15,19-20,23H,1,4-7,10-13H2/t17-/m1/s1. The van der Waals surface area contributed by atoms with Crippen LogP contribution in [0, 0.1) is 0 Å². The lowest BCUT2D eigenvalue weighted by atomic mass is 9.93. The molecular weight excluding hydrogens is 292 g/mol. The van der Waals surface area contributed by atoms with E-state index in [1.54, 1.807) is 24.5 Å². The maximum Gasteiger partial charge on any atom is 0.253 e. The molecular formula is C17H26N4O2. The van der Waals surface area contributed by atoms with Crippen molar-refractivity contribution in [1.29, 1.82) is 0 Å². The molecule has 6 heteroatoms. The van der Waals surface area contributed by atoms with Gasteiger partial charge in [-0.25, -0.2) is 0 Å². The molecule has 2 aliphatic heterocycles. The quantitative estimate of drug-likeness (QED) is 0.749. The van der Waals surface area contributed by atoms with Crippen molar-refractivity contribution in [1.82, 2.24) is 20.5 Å². The normalized spacial score (nSPS) is 26.2. The number of piperidine rings is 2. The number of aliphatic hydroxyl groups is 1. The van der Waals surface area contributed by atoms with Crippen molar-refractivity contribution in [2.75, 3.05) is 32.7 Å². The SMILES string of the molecule is O=C(c1ccncc1)N1CCC(NC[C@@]2(O)CCCNC2)CC1. The number of amides is 1. The van der Waals surface area contributed by atoms with Crippen molar-refractivity contribution in [2.45, 2.75) is 37.3 Å². The van der Waals surface area contributed by atoms with Gasteiger partial charge in [0.25, 0.3) is 5.91 Å². The highest BCUT2D eigenvalue weighted by molar-refractivity contribution is 5.94. The smallest absolute Gasteiger partial charge is 0.253 e. The van der Waals surface area contributed by atoms with Crippen LogP contribution >= 0.6 is 0 Å². The number of likely N-dealkylation sites (tertiary alicyclic amines) is 1. The number of aromatic nitrogens is 1. The van der Waals surface area contributed by atoms with Crippen molar-refractivity contribution in [3.05, 3.63) is 30.1 Å². The van der Waals surface area contributed by atoms with Gasteiger partial charge in [0.05, 0.1) is 5.60 Å². The Kier molecular flexibility index (Phi) is 5.25. The van der Waals surface area contributed by atoms with Crippen LogP contribution in [-0.4, -0.2) is 65.3 Å². The molecule has 0 aromatic carbocycles. The summed E-state index contributed by atoms with van der Waals surface area (Å²) >= 11 is 0. The summed E-state index contributed by atoms with van der Waals surface area (Å²) < 4.78 is 0. The van der Waals surface area contributed by atoms with Gasteiger partial charge in [-0.05, 0) is 44.4 Å². The number of pyridine rings is 1. The van der Waals surface area contributed by atoms with Gasteiger partial charge in [0.15, 0.2) is 0 Å². The first-order chi connectivity index (χ1) is 11.2. The average Bonchev–Trinajstić information content (AvgIpc) is 2.61. The Morgan fingerprint density at radius 1 is 1.39 bits per heavy atom. The molecule has 1 aromatic heterocycles. The molecule has 0 aliphatic carbocycles. The zero-order valence-corrected chi connectivity index (χ0v) is 13.5. The molecule has 1 aromatic rings. The highest BCUT2D eigenvalue weighted by Gasteiger charge is 2.30. The number of hydrogen-bond acceptors (Lipinski definition) is 5. The first kappa shape index (κ1) is 16.4. The summed E-state index contributed by atoms with van der Waals surface area (Å²) in [5, 5.41) is 17.2. The number of rotatable bonds is 4. The van der Waals surface area contributed by atoms with Crippen molar-refractivity contribution in [2.24, 2.45) is 0 Å². The maximum atomic E-state index is 12.4. The predicted octanol–water partition coefficient (Wildman–Crippen LogP) is 0.390. The first-order valence-electron chi connectivity index (χ1n) is 8.52. The number of β-amino-alcohol motifs (C(OH)–C–C–N with tert-alkyl or cyclic N) is 1. The Bertz CT molecular complexity index is 509. The van der Waals surface area contributed by atoms with E-state index in [0.29, 0.717) is 24.7 Å². The van der Waals surface area contributed by atoms with Crippen LogP contribution in [0.15, 0.2) is 24.5 Å². The Morgan fingerprint density at radius 3 is 2.78 bits per heavy atom. The van der Waals surface area contributed by atoms with E-state index in [9.17, 15) is 9.90 Å². The van der Waals surface area contributed by atoms with Crippen LogP contribution in [0.3, 0.4) is 0 Å². The third kappa shape index (κ3) is 4.28. The molecule has 2 fully saturated rings. The summed E-state index contributed by atoms with van der Waals surface area (Å²) in [7, 11) is 0. The fourth-order valence-electron chi connectivity index (χ4n) is 3.40. The molecule has 0 bridgehead atoms. The molecule has 126 valence electrons. The van der Waals surface area contributed by atoms with Crippen LogP contribution in [0.5, 0.6) is 0 Å². The molecule has 3 N–H and O–H groups in total. The lowest BCUT2D eigenvalue weighted by molar-refractivity contribution is 0.0125. The van der Waals surface area contributed by atoms with Gasteiger partial charge in [-0.1, -0.05) is 0 Å². The molecule has 1 atom stereocenters. The second kappa shape index (κ2) is 7.38. The minimum atomic E-state index is -0.623. The minimum absolute atomic E-state index is 0.0842. The molecule has 2 aliphatic rings. The van der Waals surface area contributed by atoms with E-state index in [1.807, 2.05) is 4.90 Å². The molecule has 3 rings (SSSR count). The average molecular weight is 318 g/mol. The van der Waals surface area contributed by atoms with Crippen LogP contribution in [0.4, 0.5) is 0 Å². The van der Waals surface area contributed by atoms with Crippen LogP contribution in [0.1, 0.15) is 36.0 Å². The van der Waals surface area contributed by atoms with E-state index in [4.69, 9.17) is 0 Å². The summed E-state index contributed by atoms with van der Waals surface area (Å²) in [5.74, 6) is 0.0842. The molecule has 0 unspecified atom stereocenters. The monoisotopic (exact) mass is 318 g/mol. The van der Waals surface area contributed by atoms with Gasteiger partial charge in [0.1, 0.15) is 0 Å². The maximum absolute atomic E-state index is 12.4. The molecule has 3 heterocycles. The molecule has 1 amide bonds. The van der Waals surface area contributed by atoms with E-state index in [0.717, 1.165) is 45.3 Å². The number of carbonyl (C=O) groups is 1. The summed E-state index contributed by atoms with van der Waals surface area (Å²) in [4.78, 5) is 18.2. The van der Waals surface area contributed by atoms with Gasteiger partial charge in [0, 0.05) is 50.2 Å². The van der Waals surface area contributed by atoms with E-state index < -0.39 is 5.60 Å². The molecule has 0 spiro atoms. The van der Waals surface area contributed by atoms with Crippen molar-refractivity contribution >= 4 is 5.91 Å². The van der Waals surface area contributed by atoms with E-state index >= 15 is 0 Å². The molecule has 6 nitrogen and oxygen atoms in total. The zero-order chi connectivity index (χ0) is 16.1. The fourth-order valence-corrected chi connectivity index (χ4v) is 3.40. The summed E-state index contributed by atoms with van der Waals surface area (Å²) in [6, 6.07) is 3.90. The van der Waals surface area contributed by atoms with Gasteiger partial charge < -0.3 is 20.6 Å². The highest BCUT2D eigenvalue weighted by Crippen LogP contribution is 2.17. The van der Waals surface area contributed by atoms with E-state index in [1.165, 1.54) is 0 Å². The molecule has 2 saturated heterocycles. The van der Waals surface area contributed by atoms with E-state index in [2.05, 4.69) is 15.6 Å². The van der Waals surface area contributed by atoms with E-state index in [-0.39, 0.29) is 5.91 Å². The zero-order valence-electron chi connectivity index (χ0n) is 13.5. The van der Waals surface area contributed by atoms with Crippen molar-refractivity contribution < 1.29 is 9.90 Å². The van der Waals surface area contributed by atoms with Crippen LogP contribution < -0.4 is 10.6 Å². The highest BCUT2D eigenvalue weighted by atomic mass is 16.3. The van der Waals surface area contributed by atoms with Crippen molar-refractivity contribution in [3.63, 3.8) is 0 Å². The molecule has 0 saturated carbocycles.